The molecule has 0 aliphatic carbocycles. The number of halogens is 1. The molecule has 4 rings (SSSR count). The van der Waals surface area contributed by atoms with Crippen LogP contribution in [0.5, 0.6) is 11.5 Å². The molecule has 1 aromatic heterocycles. The van der Waals surface area contributed by atoms with Crippen LogP contribution >= 0.6 is 11.3 Å². The topological polar surface area (TPSA) is 80.7 Å². The number of hydrazone groups is 1. The van der Waals surface area contributed by atoms with E-state index in [1.807, 2.05) is 29.6 Å². The molecule has 0 unspecified atom stereocenters. The molecule has 3 aromatic rings. The number of benzene rings is 2. The van der Waals surface area contributed by atoms with Gasteiger partial charge in [0.15, 0.2) is 11.5 Å². The van der Waals surface area contributed by atoms with Crippen molar-refractivity contribution in [3.8, 4) is 11.5 Å². The number of nitrogens with zero attached hydrogens (tertiary/aromatic N) is 3. The maximum Gasteiger partial charge on any atom is 0.262 e. The van der Waals surface area contributed by atoms with Crippen LogP contribution < -0.4 is 9.47 Å². The first kappa shape index (κ1) is 26.3. The predicted octanol–water partition coefficient (Wildman–Crippen LogP) is 4.37. The summed E-state index contributed by atoms with van der Waals surface area (Å²) in [6.45, 7) is 0.0175. The van der Waals surface area contributed by atoms with Gasteiger partial charge in [0.05, 0.1) is 43.0 Å². The van der Waals surface area contributed by atoms with Crippen LogP contribution in [-0.2, 0) is 9.53 Å². The van der Waals surface area contributed by atoms with Gasteiger partial charge in [-0.1, -0.05) is 24.3 Å². The van der Waals surface area contributed by atoms with Crippen LogP contribution in [0.2, 0.25) is 0 Å². The molecule has 0 bridgehead atoms. The Kier molecular flexibility index (Phi) is 8.52. The summed E-state index contributed by atoms with van der Waals surface area (Å²) in [4.78, 5) is 29.1. The van der Waals surface area contributed by atoms with Crippen LogP contribution in [0.25, 0.3) is 0 Å². The van der Waals surface area contributed by atoms with Crippen molar-refractivity contribution in [1.29, 1.82) is 0 Å². The van der Waals surface area contributed by atoms with E-state index < -0.39 is 23.7 Å². The molecule has 0 saturated carbocycles. The second kappa shape index (κ2) is 12.0. The van der Waals surface area contributed by atoms with Crippen LogP contribution in [0.15, 0.2) is 65.1 Å². The van der Waals surface area contributed by atoms with Gasteiger partial charge in [0.1, 0.15) is 12.4 Å². The normalized spacial score (nSPS) is 14.9. The number of carbonyl (C=O) groups excluding carboxylic acids is 2. The van der Waals surface area contributed by atoms with Crippen LogP contribution in [0.1, 0.15) is 33.3 Å². The van der Waals surface area contributed by atoms with Crippen molar-refractivity contribution in [1.82, 2.24) is 9.91 Å². The van der Waals surface area contributed by atoms with Gasteiger partial charge >= 0.3 is 0 Å². The minimum atomic E-state index is -0.648. The highest BCUT2D eigenvalue weighted by Gasteiger charge is 2.35. The van der Waals surface area contributed by atoms with Gasteiger partial charge in [-0.3, -0.25) is 9.59 Å². The smallest absolute Gasteiger partial charge is 0.262 e. The number of carbonyl (C=O) groups is 2. The van der Waals surface area contributed by atoms with Crippen LogP contribution in [0, 0.1) is 5.82 Å². The van der Waals surface area contributed by atoms with Crippen molar-refractivity contribution in [3.63, 3.8) is 0 Å². The summed E-state index contributed by atoms with van der Waals surface area (Å²) in [6.07, 6.45) is 0.487. The SMILES string of the molecule is COCCN(CC(=O)N1N=C(c2cccs2)C[C@H]1c1ccc(OC)c(OC)c1)C(=O)c1ccccc1F. The summed E-state index contributed by atoms with van der Waals surface area (Å²) in [5, 5.41) is 8.02. The zero-order valence-electron chi connectivity index (χ0n) is 20.8. The lowest BCUT2D eigenvalue weighted by molar-refractivity contribution is -0.133. The van der Waals surface area contributed by atoms with Crippen molar-refractivity contribution in [2.45, 2.75) is 12.5 Å². The molecule has 2 aromatic carbocycles. The van der Waals surface area contributed by atoms with Gasteiger partial charge in [0.25, 0.3) is 11.8 Å². The van der Waals surface area contributed by atoms with Gasteiger partial charge in [-0.15, -0.1) is 11.3 Å². The molecule has 0 N–H and O–H groups in total. The van der Waals surface area contributed by atoms with Crippen molar-refractivity contribution in [2.24, 2.45) is 5.10 Å². The van der Waals surface area contributed by atoms with E-state index in [1.165, 1.54) is 46.6 Å². The molecule has 194 valence electrons. The van der Waals surface area contributed by atoms with Gasteiger partial charge < -0.3 is 19.1 Å². The molecule has 1 aliphatic heterocycles. The molecule has 1 atom stereocenters. The van der Waals surface area contributed by atoms with E-state index >= 15 is 0 Å². The van der Waals surface area contributed by atoms with Crippen LogP contribution in [-0.4, -0.2) is 68.5 Å². The molecule has 0 radical (unpaired) electrons. The highest BCUT2D eigenvalue weighted by molar-refractivity contribution is 7.12. The van der Waals surface area contributed by atoms with Crippen LogP contribution in [0.3, 0.4) is 0 Å². The van der Waals surface area contributed by atoms with E-state index in [0.717, 1.165) is 16.2 Å². The molecule has 0 spiro atoms. The molecule has 2 amide bonds. The molecule has 1 aliphatic rings. The maximum absolute atomic E-state index is 14.4. The molecule has 10 heteroatoms. The Labute approximate surface area is 218 Å². The van der Waals surface area contributed by atoms with E-state index in [-0.39, 0.29) is 25.3 Å². The van der Waals surface area contributed by atoms with E-state index in [4.69, 9.17) is 14.2 Å². The molecule has 37 heavy (non-hydrogen) atoms. The Hall–Kier alpha value is -3.76. The third kappa shape index (κ3) is 5.81. The summed E-state index contributed by atoms with van der Waals surface area (Å²) < 4.78 is 30.3. The standard InChI is InChI=1S/C27H28FN3O5S/c1-34-13-12-30(27(33)19-7-4-5-8-20(19)28)17-26(32)31-22(16-21(29-31)25-9-6-14-37-25)18-10-11-23(35-2)24(15-18)36-3/h4-11,14-15,22H,12-13,16-17H2,1-3H3/t22-/m0/s1. The number of ether oxygens (including phenoxy) is 3. The van der Waals surface area contributed by atoms with Crippen LogP contribution in [0.4, 0.5) is 4.39 Å². The Morgan fingerprint density at radius 3 is 2.54 bits per heavy atom. The number of thiophene rings is 1. The monoisotopic (exact) mass is 525 g/mol. The first-order chi connectivity index (χ1) is 18.0. The molecule has 8 nitrogen and oxygen atoms in total. The Bertz CT molecular complexity index is 1280. The lowest BCUT2D eigenvalue weighted by atomic mass is 10.0. The second-order valence-electron chi connectivity index (χ2n) is 8.30. The third-order valence-electron chi connectivity index (χ3n) is 6.05. The van der Waals surface area contributed by atoms with Crippen molar-refractivity contribution >= 4 is 28.9 Å². The maximum atomic E-state index is 14.4. The zero-order valence-corrected chi connectivity index (χ0v) is 21.7. The number of rotatable bonds is 10. The van der Waals surface area contributed by atoms with E-state index in [0.29, 0.717) is 17.9 Å². The molecule has 0 saturated heterocycles. The van der Waals surface area contributed by atoms with Crippen molar-refractivity contribution < 1.29 is 28.2 Å². The van der Waals surface area contributed by atoms with Crippen molar-refractivity contribution in [3.05, 3.63) is 81.8 Å². The number of amides is 2. The summed E-state index contributed by atoms with van der Waals surface area (Å²) >= 11 is 1.54. The Morgan fingerprint density at radius 2 is 1.86 bits per heavy atom. The van der Waals surface area contributed by atoms with Gasteiger partial charge in [0.2, 0.25) is 0 Å². The largest absolute Gasteiger partial charge is 0.493 e. The fraction of sp³-hybridized carbons (Fsp3) is 0.296. The van der Waals surface area contributed by atoms with Gasteiger partial charge in [0, 0.05) is 20.1 Å². The summed E-state index contributed by atoms with van der Waals surface area (Å²) in [6, 6.07) is 14.6. The lowest BCUT2D eigenvalue weighted by Gasteiger charge is -2.27. The fourth-order valence-corrected chi connectivity index (χ4v) is 4.87. The summed E-state index contributed by atoms with van der Waals surface area (Å²) in [5.74, 6) is -0.527. The molecule has 2 heterocycles. The third-order valence-corrected chi connectivity index (χ3v) is 6.97. The molecular formula is C27H28FN3O5S. The minimum Gasteiger partial charge on any atom is -0.493 e. The highest BCUT2D eigenvalue weighted by Crippen LogP contribution is 2.38. The van der Waals surface area contributed by atoms with E-state index in [2.05, 4.69) is 5.10 Å². The summed E-state index contributed by atoms with van der Waals surface area (Å²) in [5.41, 5.74) is 1.48. The average molecular weight is 526 g/mol. The molecular weight excluding hydrogens is 497 g/mol. The highest BCUT2D eigenvalue weighted by atomic mass is 32.1. The van der Waals surface area contributed by atoms with Crippen molar-refractivity contribution in [2.75, 3.05) is 41.0 Å². The van der Waals surface area contributed by atoms with Gasteiger partial charge in [-0.2, -0.15) is 5.10 Å². The van der Waals surface area contributed by atoms with E-state index in [9.17, 15) is 14.0 Å². The van der Waals surface area contributed by atoms with E-state index in [1.54, 1.807) is 26.4 Å². The first-order valence-corrected chi connectivity index (χ1v) is 12.5. The number of hydrogen-bond acceptors (Lipinski definition) is 7. The predicted molar refractivity (Wildman–Crippen MR) is 139 cm³/mol. The quantitative estimate of drug-likeness (QED) is 0.393. The lowest BCUT2D eigenvalue weighted by Crippen LogP contribution is -2.43. The minimum absolute atomic E-state index is 0.105. The zero-order chi connectivity index (χ0) is 26.4. The first-order valence-electron chi connectivity index (χ1n) is 11.6. The number of hydrogen-bond donors (Lipinski definition) is 0. The Balaban J connectivity index is 1.65. The Morgan fingerprint density at radius 1 is 1.08 bits per heavy atom. The fourth-order valence-electron chi connectivity index (χ4n) is 4.15. The van der Waals surface area contributed by atoms with Gasteiger partial charge in [-0.25, -0.2) is 9.40 Å². The second-order valence-corrected chi connectivity index (χ2v) is 9.24. The average Bonchev–Trinajstić information content (AvgIpc) is 3.61. The van der Waals surface area contributed by atoms with Gasteiger partial charge in [-0.05, 0) is 41.3 Å². The number of methoxy groups -OCH3 is 3. The molecule has 0 fully saturated rings. The summed E-state index contributed by atoms with van der Waals surface area (Å²) in [7, 11) is 4.61.